The van der Waals surface area contributed by atoms with E-state index < -0.39 is 6.04 Å². The second-order valence-electron chi connectivity index (χ2n) is 5.86. The lowest BCUT2D eigenvalue weighted by Gasteiger charge is -2.23. The molecule has 120 valence electrons. The van der Waals surface area contributed by atoms with Crippen molar-refractivity contribution in [3.8, 4) is 0 Å². The minimum Gasteiger partial charge on any atom is -0.467 e. The third-order valence-corrected chi connectivity index (χ3v) is 4.12. The van der Waals surface area contributed by atoms with E-state index in [4.69, 9.17) is 4.42 Å². The van der Waals surface area contributed by atoms with Gasteiger partial charge in [-0.1, -0.05) is 29.8 Å². The fourth-order valence-corrected chi connectivity index (χ4v) is 2.79. The Morgan fingerprint density at radius 3 is 2.78 bits per heavy atom. The molecular formula is C18H20N2O3. The molecule has 1 aliphatic heterocycles. The predicted molar refractivity (Wildman–Crippen MR) is 85.3 cm³/mol. The zero-order chi connectivity index (χ0) is 16.2. The van der Waals surface area contributed by atoms with Crippen molar-refractivity contribution in [3.63, 3.8) is 0 Å². The number of furan rings is 1. The van der Waals surface area contributed by atoms with Crippen LogP contribution in [0, 0.1) is 6.92 Å². The number of hydrogen-bond acceptors (Lipinski definition) is 3. The maximum atomic E-state index is 12.4. The van der Waals surface area contributed by atoms with Crippen LogP contribution in [0.3, 0.4) is 0 Å². The Bertz CT molecular complexity index is 677. The lowest BCUT2D eigenvalue weighted by atomic mass is 10.1. The number of hydrogen-bond donors (Lipinski definition) is 1. The van der Waals surface area contributed by atoms with Crippen molar-refractivity contribution >= 4 is 11.8 Å². The summed E-state index contributed by atoms with van der Waals surface area (Å²) in [7, 11) is 0. The van der Waals surface area contributed by atoms with E-state index in [-0.39, 0.29) is 11.8 Å². The van der Waals surface area contributed by atoms with Gasteiger partial charge in [0.25, 0.3) is 0 Å². The highest BCUT2D eigenvalue weighted by molar-refractivity contribution is 5.90. The Morgan fingerprint density at radius 2 is 2.09 bits per heavy atom. The largest absolute Gasteiger partial charge is 0.467 e. The van der Waals surface area contributed by atoms with Crippen LogP contribution < -0.4 is 5.32 Å². The number of nitrogens with one attached hydrogen (secondary N) is 1. The van der Waals surface area contributed by atoms with Gasteiger partial charge in [-0.2, -0.15) is 0 Å². The van der Waals surface area contributed by atoms with Crippen LogP contribution in [0.25, 0.3) is 0 Å². The molecule has 2 heterocycles. The van der Waals surface area contributed by atoms with Crippen LogP contribution in [0.1, 0.15) is 29.7 Å². The van der Waals surface area contributed by atoms with Gasteiger partial charge in [-0.3, -0.25) is 9.59 Å². The lowest BCUT2D eigenvalue weighted by Crippen LogP contribution is -2.44. The number of rotatable bonds is 5. The van der Waals surface area contributed by atoms with Gasteiger partial charge in [0.05, 0.1) is 12.8 Å². The van der Waals surface area contributed by atoms with Gasteiger partial charge >= 0.3 is 0 Å². The van der Waals surface area contributed by atoms with Crippen molar-refractivity contribution in [2.45, 2.75) is 38.9 Å². The van der Waals surface area contributed by atoms with E-state index in [9.17, 15) is 9.59 Å². The normalized spacial score (nSPS) is 17.5. The van der Waals surface area contributed by atoms with Crippen molar-refractivity contribution in [1.29, 1.82) is 0 Å². The number of aryl methyl sites for hydroxylation is 1. The number of carbonyl (C=O) groups excluding carboxylic acids is 2. The summed E-state index contributed by atoms with van der Waals surface area (Å²) in [6, 6.07) is 11.2. The summed E-state index contributed by atoms with van der Waals surface area (Å²) < 4.78 is 5.29. The smallest absolute Gasteiger partial charge is 0.243 e. The minimum absolute atomic E-state index is 0.00288. The third-order valence-electron chi connectivity index (χ3n) is 4.12. The molecule has 3 rings (SSSR count). The maximum absolute atomic E-state index is 12.4. The van der Waals surface area contributed by atoms with Gasteiger partial charge in [-0.25, -0.2) is 0 Å². The Kier molecular flexibility index (Phi) is 4.46. The third kappa shape index (κ3) is 3.62. The van der Waals surface area contributed by atoms with Crippen LogP contribution >= 0.6 is 0 Å². The quantitative estimate of drug-likeness (QED) is 0.922. The highest BCUT2D eigenvalue weighted by Crippen LogP contribution is 2.22. The fourth-order valence-electron chi connectivity index (χ4n) is 2.79. The Morgan fingerprint density at radius 1 is 1.30 bits per heavy atom. The Labute approximate surface area is 135 Å². The molecule has 1 aromatic carbocycles. The van der Waals surface area contributed by atoms with Crippen molar-refractivity contribution in [3.05, 3.63) is 59.5 Å². The van der Waals surface area contributed by atoms with Gasteiger partial charge in [0.15, 0.2) is 0 Å². The topological polar surface area (TPSA) is 62.6 Å². The summed E-state index contributed by atoms with van der Waals surface area (Å²) in [5.74, 6) is 0.580. The molecular weight excluding hydrogens is 292 g/mol. The predicted octanol–water partition coefficient (Wildman–Crippen LogP) is 2.40. The maximum Gasteiger partial charge on any atom is 0.243 e. The van der Waals surface area contributed by atoms with Gasteiger partial charge in [-0.15, -0.1) is 0 Å². The van der Waals surface area contributed by atoms with Crippen molar-refractivity contribution in [2.75, 3.05) is 0 Å². The fraction of sp³-hybridized carbons (Fsp3) is 0.333. The van der Waals surface area contributed by atoms with Crippen molar-refractivity contribution in [2.24, 2.45) is 0 Å². The first-order valence-corrected chi connectivity index (χ1v) is 7.78. The van der Waals surface area contributed by atoms with Crippen LogP contribution in [0.15, 0.2) is 47.1 Å². The summed E-state index contributed by atoms with van der Waals surface area (Å²) in [4.78, 5) is 26.1. The first kappa shape index (κ1) is 15.3. The molecule has 5 nitrogen and oxygen atoms in total. The molecule has 0 bridgehead atoms. The van der Waals surface area contributed by atoms with E-state index in [1.54, 1.807) is 17.2 Å². The van der Waals surface area contributed by atoms with Gasteiger partial charge in [0.2, 0.25) is 11.8 Å². The summed E-state index contributed by atoms with van der Waals surface area (Å²) in [5.41, 5.74) is 2.23. The number of carbonyl (C=O) groups is 2. The zero-order valence-corrected chi connectivity index (χ0v) is 13.1. The molecule has 0 aliphatic carbocycles. The molecule has 5 heteroatoms. The second-order valence-corrected chi connectivity index (χ2v) is 5.86. The molecule has 1 aliphatic rings. The highest BCUT2D eigenvalue weighted by atomic mass is 16.3. The summed E-state index contributed by atoms with van der Waals surface area (Å²) >= 11 is 0. The highest BCUT2D eigenvalue weighted by Gasteiger charge is 2.36. The molecule has 1 fully saturated rings. The first-order valence-electron chi connectivity index (χ1n) is 7.78. The molecule has 1 saturated heterocycles. The molecule has 2 aromatic rings. The minimum atomic E-state index is -0.418. The van der Waals surface area contributed by atoms with Crippen LogP contribution in [0.2, 0.25) is 0 Å². The van der Waals surface area contributed by atoms with Crippen molar-refractivity contribution < 1.29 is 14.0 Å². The summed E-state index contributed by atoms with van der Waals surface area (Å²) in [6.45, 7) is 2.84. The van der Waals surface area contributed by atoms with Gasteiger partial charge < -0.3 is 14.6 Å². The molecule has 2 amide bonds. The van der Waals surface area contributed by atoms with Crippen LogP contribution in [-0.2, 0) is 22.7 Å². The summed E-state index contributed by atoms with van der Waals surface area (Å²) in [6.07, 6.45) is 2.53. The molecule has 1 N–H and O–H groups in total. The van der Waals surface area contributed by atoms with Gasteiger partial charge in [0, 0.05) is 13.0 Å². The van der Waals surface area contributed by atoms with E-state index in [0.717, 1.165) is 5.56 Å². The SMILES string of the molecule is Cc1ccc(CNC(=O)[C@@H]2CCC(=O)N2Cc2ccco2)cc1. The Balaban J connectivity index is 1.61. The first-order chi connectivity index (χ1) is 11.1. The van der Waals surface area contributed by atoms with E-state index in [2.05, 4.69) is 5.32 Å². The molecule has 0 unspecified atom stereocenters. The number of benzene rings is 1. The van der Waals surface area contributed by atoms with Crippen LogP contribution in [-0.4, -0.2) is 22.8 Å². The lowest BCUT2D eigenvalue weighted by molar-refractivity contribution is -0.136. The molecule has 0 radical (unpaired) electrons. The average Bonchev–Trinajstić information content (AvgIpc) is 3.18. The van der Waals surface area contributed by atoms with E-state index >= 15 is 0 Å². The zero-order valence-electron chi connectivity index (χ0n) is 13.1. The molecule has 1 aromatic heterocycles. The van der Waals surface area contributed by atoms with Gasteiger partial charge in [-0.05, 0) is 31.0 Å². The standard InChI is InChI=1S/C18H20N2O3/c1-13-4-6-14(7-5-13)11-19-18(22)16-8-9-17(21)20(16)12-15-3-2-10-23-15/h2-7,10,16H,8-9,11-12H2,1H3,(H,19,22)/t16-/m0/s1. The van der Waals surface area contributed by atoms with E-state index in [0.29, 0.717) is 31.7 Å². The van der Waals surface area contributed by atoms with E-state index in [1.165, 1.54) is 5.56 Å². The second kappa shape index (κ2) is 6.69. The Hall–Kier alpha value is -2.56. The number of likely N-dealkylation sites (tertiary alicyclic amines) is 1. The average molecular weight is 312 g/mol. The summed E-state index contributed by atoms with van der Waals surface area (Å²) in [5, 5.41) is 2.93. The van der Waals surface area contributed by atoms with Crippen molar-refractivity contribution in [1.82, 2.24) is 10.2 Å². The van der Waals surface area contributed by atoms with E-state index in [1.807, 2.05) is 37.3 Å². The monoisotopic (exact) mass is 312 g/mol. The number of amides is 2. The molecule has 23 heavy (non-hydrogen) atoms. The van der Waals surface area contributed by atoms with Crippen LogP contribution in [0.4, 0.5) is 0 Å². The molecule has 0 saturated carbocycles. The van der Waals surface area contributed by atoms with Crippen LogP contribution in [0.5, 0.6) is 0 Å². The number of nitrogens with zero attached hydrogens (tertiary/aromatic N) is 1. The molecule has 1 atom stereocenters. The van der Waals surface area contributed by atoms with Gasteiger partial charge in [0.1, 0.15) is 11.8 Å². The molecule has 0 spiro atoms.